The minimum absolute atomic E-state index is 0.296. The monoisotopic (exact) mass is 256 g/mol. The molecule has 102 valence electrons. The van der Waals surface area contributed by atoms with Gasteiger partial charge in [0.15, 0.2) is 0 Å². The molecular formula is C12H20N2O4. The lowest BCUT2D eigenvalue weighted by Gasteiger charge is -2.03. The van der Waals surface area contributed by atoms with Gasteiger partial charge in [-0.15, -0.1) is 0 Å². The summed E-state index contributed by atoms with van der Waals surface area (Å²) in [6.45, 7) is 1.20. The Morgan fingerprint density at radius 2 is 1.22 bits per heavy atom. The van der Waals surface area contributed by atoms with Gasteiger partial charge in [-0.25, -0.2) is 9.59 Å². The molecule has 0 unspecified atom stereocenters. The highest BCUT2D eigenvalue weighted by Gasteiger charge is 1.98. The van der Waals surface area contributed by atoms with Gasteiger partial charge in [0.1, 0.15) is 0 Å². The van der Waals surface area contributed by atoms with Gasteiger partial charge < -0.3 is 20.9 Å². The first-order chi connectivity index (χ1) is 8.70. The van der Waals surface area contributed by atoms with Gasteiger partial charge in [-0.3, -0.25) is 0 Å². The molecule has 0 aliphatic rings. The molecule has 4 N–H and O–H groups in total. The summed E-state index contributed by atoms with van der Waals surface area (Å²) in [5.41, 5.74) is 10.4. The van der Waals surface area contributed by atoms with Crippen molar-refractivity contribution in [1.82, 2.24) is 0 Å². The van der Waals surface area contributed by atoms with Crippen LogP contribution in [0.5, 0.6) is 0 Å². The van der Waals surface area contributed by atoms with Crippen molar-refractivity contribution in [3.8, 4) is 0 Å². The van der Waals surface area contributed by atoms with E-state index in [2.05, 4.69) is 0 Å². The van der Waals surface area contributed by atoms with Crippen molar-refractivity contribution in [3.63, 3.8) is 0 Å². The third-order valence-electron chi connectivity index (χ3n) is 1.81. The number of esters is 2. The number of hydrogen-bond donors (Lipinski definition) is 2. The van der Waals surface area contributed by atoms with Gasteiger partial charge in [0, 0.05) is 25.2 Å². The summed E-state index contributed by atoms with van der Waals surface area (Å²) in [5.74, 6) is -0.827. The number of nitrogens with two attached hydrogens (primary N) is 2. The molecule has 0 bridgehead atoms. The van der Waals surface area contributed by atoms with Crippen LogP contribution in [0.4, 0.5) is 0 Å². The van der Waals surface area contributed by atoms with Crippen molar-refractivity contribution in [2.75, 3.05) is 26.3 Å². The van der Waals surface area contributed by atoms with E-state index in [1.807, 2.05) is 0 Å². The van der Waals surface area contributed by atoms with Crippen LogP contribution in [0.2, 0.25) is 0 Å². The lowest BCUT2D eigenvalue weighted by Crippen LogP contribution is -2.07. The first kappa shape index (κ1) is 16.3. The maximum Gasteiger partial charge on any atom is 0.330 e. The van der Waals surface area contributed by atoms with Crippen LogP contribution in [0.25, 0.3) is 0 Å². The number of carbonyl (C=O) groups is 2. The van der Waals surface area contributed by atoms with Gasteiger partial charge in [-0.05, 0) is 12.8 Å². The fourth-order valence-corrected chi connectivity index (χ4v) is 0.974. The van der Waals surface area contributed by atoms with E-state index in [1.165, 1.54) is 24.3 Å². The van der Waals surface area contributed by atoms with Gasteiger partial charge in [-0.2, -0.15) is 0 Å². The molecule has 18 heavy (non-hydrogen) atoms. The van der Waals surface area contributed by atoms with Gasteiger partial charge in [0.25, 0.3) is 0 Å². The molecule has 0 saturated carbocycles. The quantitative estimate of drug-likeness (QED) is 0.338. The molecule has 6 heteroatoms. The van der Waals surface area contributed by atoms with E-state index >= 15 is 0 Å². The summed E-state index contributed by atoms with van der Waals surface area (Å²) in [4.78, 5) is 22.0. The number of ether oxygens (including phenoxy) is 2. The van der Waals surface area contributed by atoms with Crippen LogP contribution in [0.1, 0.15) is 12.8 Å². The smallest absolute Gasteiger partial charge is 0.330 e. The van der Waals surface area contributed by atoms with Crippen molar-refractivity contribution in [2.45, 2.75) is 12.8 Å². The fraction of sp³-hybridized carbons (Fsp3) is 0.500. The van der Waals surface area contributed by atoms with Gasteiger partial charge in [-0.1, -0.05) is 12.2 Å². The lowest BCUT2D eigenvalue weighted by atomic mass is 10.3. The van der Waals surface area contributed by atoms with E-state index in [9.17, 15) is 9.59 Å². The Labute approximate surface area is 107 Å². The summed E-state index contributed by atoms with van der Waals surface area (Å²) in [7, 11) is 0. The van der Waals surface area contributed by atoms with Crippen molar-refractivity contribution in [3.05, 3.63) is 24.3 Å². The second-order valence-corrected chi connectivity index (χ2v) is 3.32. The SMILES string of the molecule is NC/C=C/C(=O)OCCCCOC(=O)/C=C/CN. The molecule has 6 nitrogen and oxygen atoms in total. The molecule has 0 amide bonds. The van der Waals surface area contributed by atoms with Crippen LogP contribution in [0, 0.1) is 0 Å². The molecule has 0 spiro atoms. The van der Waals surface area contributed by atoms with Crippen LogP contribution < -0.4 is 11.5 Å². The van der Waals surface area contributed by atoms with E-state index < -0.39 is 11.9 Å². The Hall–Kier alpha value is -1.66. The summed E-state index contributed by atoms with van der Waals surface area (Å²) in [6, 6.07) is 0. The summed E-state index contributed by atoms with van der Waals surface area (Å²) >= 11 is 0. The van der Waals surface area contributed by atoms with E-state index in [0.29, 0.717) is 39.1 Å². The summed E-state index contributed by atoms with van der Waals surface area (Å²) < 4.78 is 9.73. The molecule has 0 aliphatic carbocycles. The molecular weight excluding hydrogens is 236 g/mol. The maximum absolute atomic E-state index is 11.0. The van der Waals surface area contributed by atoms with Crippen molar-refractivity contribution in [1.29, 1.82) is 0 Å². The highest BCUT2D eigenvalue weighted by molar-refractivity contribution is 5.82. The molecule has 0 aromatic carbocycles. The summed E-state index contributed by atoms with van der Waals surface area (Å²) in [6.07, 6.45) is 6.89. The average Bonchev–Trinajstić information content (AvgIpc) is 2.37. The zero-order valence-corrected chi connectivity index (χ0v) is 10.3. The molecule has 0 aliphatic heterocycles. The number of hydrogen-bond acceptors (Lipinski definition) is 6. The van der Waals surface area contributed by atoms with E-state index in [0.717, 1.165) is 0 Å². The first-order valence-electron chi connectivity index (χ1n) is 5.77. The maximum atomic E-state index is 11.0. The molecule has 0 atom stereocenters. The molecule has 0 saturated heterocycles. The predicted molar refractivity (Wildman–Crippen MR) is 67.5 cm³/mol. The van der Waals surface area contributed by atoms with Crippen LogP contribution >= 0.6 is 0 Å². The second kappa shape index (κ2) is 11.8. The Bertz CT molecular complexity index is 270. The van der Waals surface area contributed by atoms with Crippen LogP contribution in [0.3, 0.4) is 0 Å². The van der Waals surface area contributed by atoms with E-state index in [1.54, 1.807) is 0 Å². The average molecular weight is 256 g/mol. The standard InChI is InChI=1S/C12H20N2O4/c13-7-3-5-11(15)17-9-1-2-10-18-12(16)6-4-8-14/h3-6H,1-2,7-10,13-14H2/b5-3+,6-4+. The Balaban J connectivity index is 3.41. The molecule has 0 rings (SSSR count). The minimum atomic E-state index is -0.414. The Morgan fingerprint density at radius 1 is 0.833 bits per heavy atom. The highest BCUT2D eigenvalue weighted by atomic mass is 16.5. The van der Waals surface area contributed by atoms with Gasteiger partial charge in [0.2, 0.25) is 0 Å². The minimum Gasteiger partial charge on any atom is -0.463 e. The fourth-order valence-electron chi connectivity index (χ4n) is 0.974. The van der Waals surface area contributed by atoms with Crippen LogP contribution in [-0.2, 0) is 19.1 Å². The highest BCUT2D eigenvalue weighted by Crippen LogP contribution is 1.93. The number of carbonyl (C=O) groups excluding carboxylic acids is 2. The zero-order valence-electron chi connectivity index (χ0n) is 10.3. The van der Waals surface area contributed by atoms with Crippen LogP contribution in [0.15, 0.2) is 24.3 Å². The predicted octanol–water partition coefficient (Wildman–Crippen LogP) is -0.117. The van der Waals surface area contributed by atoms with E-state index in [4.69, 9.17) is 20.9 Å². The molecule has 0 fully saturated rings. The second-order valence-electron chi connectivity index (χ2n) is 3.32. The van der Waals surface area contributed by atoms with Crippen molar-refractivity contribution in [2.24, 2.45) is 11.5 Å². The zero-order chi connectivity index (χ0) is 13.6. The molecule has 0 aromatic rings. The normalized spacial score (nSPS) is 11.0. The third-order valence-corrected chi connectivity index (χ3v) is 1.81. The van der Waals surface area contributed by atoms with E-state index in [-0.39, 0.29) is 0 Å². The topological polar surface area (TPSA) is 105 Å². The number of rotatable bonds is 9. The van der Waals surface area contributed by atoms with Gasteiger partial charge >= 0.3 is 11.9 Å². The van der Waals surface area contributed by atoms with Crippen LogP contribution in [-0.4, -0.2) is 38.2 Å². The molecule has 0 heterocycles. The van der Waals surface area contributed by atoms with Gasteiger partial charge in [0.05, 0.1) is 13.2 Å². The Morgan fingerprint density at radius 3 is 1.56 bits per heavy atom. The summed E-state index contributed by atoms with van der Waals surface area (Å²) in [5, 5.41) is 0. The Kier molecular flexibility index (Phi) is 10.7. The largest absolute Gasteiger partial charge is 0.463 e. The third kappa shape index (κ3) is 10.8. The first-order valence-corrected chi connectivity index (χ1v) is 5.77. The van der Waals surface area contributed by atoms with Crippen molar-refractivity contribution >= 4 is 11.9 Å². The molecule has 0 aromatic heterocycles. The lowest BCUT2D eigenvalue weighted by molar-refractivity contribution is -0.140. The van der Waals surface area contributed by atoms with Crippen molar-refractivity contribution < 1.29 is 19.1 Å². The molecule has 0 radical (unpaired) electrons. The number of unbranched alkanes of at least 4 members (excludes halogenated alkanes) is 1.